The lowest BCUT2D eigenvalue weighted by Crippen LogP contribution is -2.21. The topological polar surface area (TPSA) is 26.2 Å². The molecular weight excluding hydrogens is 535 g/mol. The standard InChI is InChI=1S/C22H19Br2FN2O.2C2H6/c1-28-18-4-2-3-17(11-18)26-12-16(25)13-27-21-7-5-14(23)9-19(21)20-10-15(24)6-8-22(20)27;2*1-2/h2-11,16,26H,12-13H2,1H3;2*1-2H3. The molecule has 0 saturated carbocycles. The number of halogens is 3. The van der Waals surface area contributed by atoms with Gasteiger partial charge in [-0.3, -0.25) is 0 Å². The number of rotatable bonds is 6. The molecule has 3 aromatic carbocycles. The van der Waals surface area contributed by atoms with E-state index >= 15 is 0 Å². The molecule has 0 bridgehead atoms. The Kier molecular flexibility index (Phi) is 10.5. The SMILES string of the molecule is CC.CC.COc1cccc(NCC(F)Cn2c3ccc(Br)cc3c3cc(Br)ccc32)c1. The first-order valence-electron chi connectivity index (χ1n) is 10.9. The molecule has 3 nitrogen and oxygen atoms in total. The summed E-state index contributed by atoms with van der Waals surface area (Å²) in [5.74, 6) is 0.749. The Labute approximate surface area is 207 Å². The molecule has 0 saturated heterocycles. The molecule has 0 amide bonds. The van der Waals surface area contributed by atoms with E-state index in [2.05, 4.69) is 53.9 Å². The van der Waals surface area contributed by atoms with E-state index < -0.39 is 6.17 Å². The van der Waals surface area contributed by atoms with Gasteiger partial charge in [-0.15, -0.1) is 0 Å². The van der Waals surface area contributed by atoms with Crippen molar-refractivity contribution in [2.75, 3.05) is 19.0 Å². The van der Waals surface area contributed by atoms with Crippen LogP contribution in [0.25, 0.3) is 21.8 Å². The van der Waals surface area contributed by atoms with Gasteiger partial charge in [-0.2, -0.15) is 0 Å². The van der Waals surface area contributed by atoms with Gasteiger partial charge in [0, 0.05) is 49.0 Å². The molecule has 1 N–H and O–H groups in total. The molecule has 0 fully saturated rings. The van der Waals surface area contributed by atoms with Gasteiger partial charge in [0.05, 0.1) is 13.7 Å². The lowest BCUT2D eigenvalue weighted by molar-refractivity contribution is 0.316. The Morgan fingerprint density at radius 3 is 1.97 bits per heavy atom. The van der Waals surface area contributed by atoms with E-state index in [-0.39, 0.29) is 13.1 Å². The van der Waals surface area contributed by atoms with Crippen LogP contribution in [0.1, 0.15) is 27.7 Å². The Bertz CT molecular complexity index is 1080. The van der Waals surface area contributed by atoms with E-state index in [1.165, 1.54) is 0 Å². The number of benzene rings is 3. The van der Waals surface area contributed by atoms with Gasteiger partial charge in [-0.1, -0.05) is 65.6 Å². The van der Waals surface area contributed by atoms with Crippen molar-refractivity contribution in [3.05, 3.63) is 69.6 Å². The van der Waals surface area contributed by atoms with E-state index in [0.717, 1.165) is 42.2 Å². The fourth-order valence-electron chi connectivity index (χ4n) is 3.47. The summed E-state index contributed by atoms with van der Waals surface area (Å²) >= 11 is 7.09. The van der Waals surface area contributed by atoms with Crippen LogP contribution in [-0.4, -0.2) is 24.4 Å². The van der Waals surface area contributed by atoms with Crippen LogP contribution in [0, 0.1) is 0 Å². The zero-order chi connectivity index (χ0) is 23.7. The number of alkyl halides is 1. The number of nitrogens with zero attached hydrogens (tertiary/aromatic N) is 1. The van der Waals surface area contributed by atoms with Crippen LogP contribution in [0.4, 0.5) is 10.1 Å². The van der Waals surface area contributed by atoms with Crippen molar-refractivity contribution >= 4 is 59.4 Å². The van der Waals surface area contributed by atoms with E-state index in [9.17, 15) is 4.39 Å². The minimum atomic E-state index is -1.04. The predicted molar refractivity (Wildman–Crippen MR) is 144 cm³/mol. The van der Waals surface area contributed by atoms with Crippen LogP contribution >= 0.6 is 31.9 Å². The quantitative estimate of drug-likeness (QED) is 0.253. The number of anilines is 1. The minimum Gasteiger partial charge on any atom is -0.497 e. The fraction of sp³-hybridized carbons (Fsp3) is 0.308. The number of nitrogens with one attached hydrogen (secondary N) is 1. The Balaban J connectivity index is 0.000000860. The molecule has 0 aliphatic heterocycles. The molecule has 1 unspecified atom stereocenters. The molecule has 0 aliphatic rings. The number of ether oxygens (including phenoxy) is 1. The summed E-state index contributed by atoms with van der Waals surface area (Å²) in [6.07, 6.45) is -1.04. The van der Waals surface area contributed by atoms with Gasteiger partial charge in [-0.25, -0.2) is 4.39 Å². The van der Waals surface area contributed by atoms with Gasteiger partial charge in [0.25, 0.3) is 0 Å². The highest BCUT2D eigenvalue weighted by Gasteiger charge is 2.15. The molecule has 1 heterocycles. The van der Waals surface area contributed by atoms with Gasteiger partial charge >= 0.3 is 0 Å². The highest BCUT2D eigenvalue weighted by molar-refractivity contribution is 9.10. The lowest BCUT2D eigenvalue weighted by atomic mass is 10.2. The van der Waals surface area contributed by atoms with Crippen LogP contribution in [0.3, 0.4) is 0 Å². The Morgan fingerprint density at radius 2 is 1.44 bits per heavy atom. The van der Waals surface area contributed by atoms with Crippen molar-refractivity contribution < 1.29 is 9.13 Å². The van der Waals surface area contributed by atoms with Crippen LogP contribution in [0.2, 0.25) is 0 Å². The third-order valence-electron chi connectivity index (χ3n) is 4.77. The van der Waals surface area contributed by atoms with Gasteiger partial charge < -0.3 is 14.6 Å². The summed E-state index contributed by atoms with van der Waals surface area (Å²) in [5.41, 5.74) is 2.90. The third-order valence-corrected chi connectivity index (χ3v) is 5.75. The largest absolute Gasteiger partial charge is 0.497 e. The van der Waals surface area contributed by atoms with Gasteiger partial charge in [0.1, 0.15) is 11.9 Å². The molecule has 4 rings (SSSR count). The van der Waals surface area contributed by atoms with E-state index in [1.807, 2.05) is 76.2 Å². The number of hydrogen-bond donors (Lipinski definition) is 1. The lowest BCUT2D eigenvalue weighted by Gasteiger charge is -2.14. The van der Waals surface area contributed by atoms with Crippen molar-refractivity contribution in [3.63, 3.8) is 0 Å². The second-order valence-electron chi connectivity index (χ2n) is 6.64. The maximum atomic E-state index is 14.9. The maximum absolute atomic E-state index is 14.9. The number of hydrogen-bond acceptors (Lipinski definition) is 2. The van der Waals surface area contributed by atoms with E-state index in [0.29, 0.717) is 0 Å². The molecule has 32 heavy (non-hydrogen) atoms. The highest BCUT2D eigenvalue weighted by Crippen LogP contribution is 2.33. The van der Waals surface area contributed by atoms with Crippen LogP contribution in [0.15, 0.2) is 69.6 Å². The number of methoxy groups -OCH3 is 1. The molecule has 6 heteroatoms. The monoisotopic (exact) mass is 564 g/mol. The first-order valence-corrected chi connectivity index (χ1v) is 12.5. The molecule has 1 atom stereocenters. The normalized spacial score (nSPS) is 11.2. The van der Waals surface area contributed by atoms with Crippen LogP contribution < -0.4 is 10.1 Å². The van der Waals surface area contributed by atoms with Gasteiger partial charge in [0.15, 0.2) is 0 Å². The molecule has 4 aromatic rings. The molecule has 172 valence electrons. The number of aromatic nitrogens is 1. The second kappa shape index (κ2) is 12.9. The van der Waals surface area contributed by atoms with Gasteiger partial charge in [-0.05, 0) is 48.5 Å². The zero-order valence-corrected chi connectivity index (χ0v) is 22.4. The predicted octanol–water partition coefficient (Wildman–Crippen LogP) is 8.83. The Hall–Kier alpha value is -2.05. The zero-order valence-electron chi connectivity index (χ0n) is 19.3. The van der Waals surface area contributed by atoms with Crippen molar-refractivity contribution in [1.29, 1.82) is 0 Å². The van der Waals surface area contributed by atoms with E-state index in [1.54, 1.807) is 7.11 Å². The third kappa shape index (κ3) is 6.26. The van der Waals surface area contributed by atoms with Crippen molar-refractivity contribution in [2.24, 2.45) is 0 Å². The summed E-state index contributed by atoms with van der Waals surface area (Å²) in [6, 6.07) is 19.8. The average molecular weight is 566 g/mol. The molecule has 0 spiro atoms. The van der Waals surface area contributed by atoms with Crippen molar-refractivity contribution in [3.8, 4) is 5.75 Å². The summed E-state index contributed by atoms with van der Waals surface area (Å²) in [4.78, 5) is 0. The van der Waals surface area contributed by atoms with Crippen LogP contribution in [0.5, 0.6) is 5.75 Å². The first-order chi connectivity index (χ1) is 15.5. The maximum Gasteiger partial charge on any atom is 0.135 e. The second-order valence-corrected chi connectivity index (χ2v) is 8.48. The van der Waals surface area contributed by atoms with Crippen molar-refractivity contribution in [2.45, 2.75) is 40.4 Å². The molecule has 0 radical (unpaired) electrons. The first kappa shape index (κ1) is 26.2. The summed E-state index contributed by atoms with van der Waals surface area (Å²) in [5, 5.41) is 5.38. The minimum absolute atomic E-state index is 0.224. The smallest absolute Gasteiger partial charge is 0.135 e. The van der Waals surface area contributed by atoms with Gasteiger partial charge in [0.2, 0.25) is 0 Å². The van der Waals surface area contributed by atoms with Crippen molar-refractivity contribution in [1.82, 2.24) is 4.57 Å². The molecular formula is C26H31Br2FN2O. The van der Waals surface area contributed by atoms with Crippen LogP contribution in [-0.2, 0) is 6.54 Å². The summed E-state index contributed by atoms with van der Waals surface area (Å²) in [7, 11) is 1.62. The average Bonchev–Trinajstić information content (AvgIpc) is 3.12. The van der Waals surface area contributed by atoms with E-state index in [4.69, 9.17) is 4.74 Å². The fourth-order valence-corrected chi connectivity index (χ4v) is 4.19. The summed E-state index contributed by atoms with van der Waals surface area (Å²) in [6.45, 7) is 8.50. The molecule has 1 aromatic heterocycles. The summed E-state index contributed by atoms with van der Waals surface area (Å²) < 4.78 is 24.2. The Morgan fingerprint density at radius 1 is 0.875 bits per heavy atom. The number of fused-ring (bicyclic) bond motifs is 3. The highest BCUT2D eigenvalue weighted by atomic mass is 79.9. The molecule has 0 aliphatic carbocycles.